The minimum Gasteiger partial charge on any atom is -0.389 e. The maximum absolute atomic E-state index is 14.2. The maximum atomic E-state index is 14.2. The van der Waals surface area contributed by atoms with Gasteiger partial charge >= 0.3 is 0 Å². The van der Waals surface area contributed by atoms with E-state index in [9.17, 15) is 8.78 Å². The van der Waals surface area contributed by atoms with Crippen molar-refractivity contribution in [2.45, 2.75) is 19.4 Å². The lowest BCUT2D eigenvalue weighted by Gasteiger charge is -2.43. The Morgan fingerprint density at radius 1 is 1.37 bits per heavy atom. The van der Waals surface area contributed by atoms with Crippen molar-refractivity contribution < 1.29 is 13.5 Å². The molecule has 0 atom stereocenters. The predicted octanol–water partition coefficient (Wildman–Crippen LogP) is 2.21. The Bertz CT molecular complexity index is 496. The van der Waals surface area contributed by atoms with Crippen molar-refractivity contribution in [3.05, 3.63) is 29.3 Å². The SMILES string of the molecule is CC1(C)COCCN1c1c(F)cc(C(N)=S)cc1F. The van der Waals surface area contributed by atoms with Gasteiger partial charge in [0, 0.05) is 12.1 Å². The predicted molar refractivity (Wildman–Crippen MR) is 74.5 cm³/mol. The van der Waals surface area contributed by atoms with Gasteiger partial charge in [-0.2, -0.15) is 0 Å². The summed E-state index contributed by atoms with van der Waals surface area (Å²) in [6.45, 7) is 5.06. The number of hydrogen-bond acceptors (Lipinski definition) is 3. The monoisotopic (exact) mass is 286 g/mol. The summed E-state index contributed by atoms with van der Waals surface area (Å²) in [4.78, 5) is 1.66. The quantitative estimate of drug-likeness (QED) is 0.846. The average Bonchev–Trinajstić information content (AvgIpc) is 2.29. The Morgan fingerprint density at radius 3 is 2.42 bits per heavy atom. The molecule has 1 saturated heterocycles. The van der Waals surface area contributed by atoms with Crippen LogP contribution in [0.15, 0.2) is 12.1 Å². The first-order chi connectivity index (χ1) is 8.83. The van der Waals surface area contributed by atoms with Crippen molar-refractivity contribution in [3.63, 3.8) is 0 Å². The van der Waals surface area contributed by atoms with Crippen LogP contribution in [0.2, 0.25) is 0 Å². The summed E-state index contributed by atoms with van der Waals surface area (Å²) in [5, 5.41) is 0. The zero-order valence-electron chi connectivity index (χ0n) is 10.9. The van der Waals surface area contributed by atoms with Gasteiger partial charge in [0.2, 0.25) is 0 Å². The summed E-state index contributed by atoms with van der Waals surface area (Å²) in [5.74, 6) is -1.31. The summed E-state index contributed by atoms with van der Waals surface area (Å²) in [6, 6.07) is 2.35. The molecule has 1 heterocycles. The maximum Gasteiger partial charge on any atom is 0.150 e. The van der Waals surface area contributed by atoms with Crippen LogP contribution < -0.4 is 10.6 Å². The molecule has 0 spiro atoms. The molecule has 0 radical (unpaired) electrons. The zero-order chi connectivity index (χ0) is 14.2. The van der Waals surface area contributed by atoms with Crippen LogP contribution in [0.25, 0.3) is 0 Å². The molecule has 6 heteroatoms. The minimum atomic E-state index is -0.655. The fourth-order valence-corrected chi connectivity index (χ4v) is 2.36. The average molecular weight is 286 g/mol. The summed E-state index contributed by atoms with van der Waals surface area (Å²) in [6.07, 6.45) is 0. The van der Waals surface area contributed by atoms with E-state index < -0.39 is 17.2 Å². The van der Waals surface area contributed by atoms with Crippen molar-refractivity contribution in [2.24, 2.45) is 5.73 Å². The normalized spacial score (nSPS) is 18.4. The third-order valence-corrected chi connectivity index (χ3v) is 3.45. The molecule has 1 aliphatic heterocycles. The number of morpholine rings is 1. The van der Waals surface area contributed by atoms with Gasteiger partial charge in [-0.05, 0) is 26.0 Å². The number of ether oxygens (including phenoxy) is 1. The molecule has 19 heavy (non-hydrogen) atoms. The molecule has 2 rings (SSSR count). The lowest BCUT2D eigenvalue weighted by Crippen LogP contribution is -2.53. The Morgan fingerprint density at radius 2 is 1.95 bits per heavy atom. The second kappa shape index (κ2) is 5.02. The van der Waals surface area contributed by atoms with Gasteiger partial charge in [-0.3, -0.25) is 0 Å². The van der Waals surface area contributed by atoms with Crippen molar-refractivity contribution >= 4 is 22.9 Å². The Kier molecular flexibility index (Phi) is 3.73. The van der Waals surface area contributed by atoms with E-state index in [1.807, 2.05) is 13.8 Å². The fourth-order valence-electron chi connectivity index (χ4n) is 2.24. The molecular formula is C13H16F2N2OS. The Hall–Kier alpha value is -1.27. The van der Waals surface area contributed by atoms with E-state index in [2.05, 4.69) is 0 Å². The molecule has 3 nitrogen and oxygen atoms in total. The number of halogens is 2. The second-order valence-electron chi connectivity index (χ2n) is 5.17. The van der Waals surface area contributed by atoms with Gasteiger partial charge in [0.15, 0.2) is 0 Å². The molecule has 0 unspecified atom stereocenters. The molecular weight excluding hydrogens is 270 g/mol. The topological polar surface area (TPSA) is 38.5 Å². The molecule has 1 aliphatic rings. The van der Waals surface area contributed by atoms with Crippen LogP contribution in [0, 0.1) is 11.6 Å². The largest absolute Gasteiger partial charge is 0.389 e. The smallest absolute Gasteiger partial charge is 0.150 e. The molecule has 1 aromatic rings. The highest BCUT2D eigenvalue weighted by Gasteiger charge is 2.34. The van der Waals surface area contributed by atoms with Crippen LogP contribution in [0.3, 0.4) is 0 Å². The molecule has 104 valence electrons. The van der Waals surface area contributed by atoms with Crippen LogP contribution in [0.5, 0.6) is 0 Å². The van der Waals surface area contributed by atoms with E-state index in [0.717, 1.165) is 0 Å². The lowest BCUT2D eigenvalue weighted by atomic mass is 10.0. The highest BCUT2D eigenvalue weighted by molar-refractivity contribution is 7.80. The second-order valence-corrected chi connectivity index (χ2v) is 5.61. The van der Waals surface area contributed by atoms with E-state index in [0.29, 0.717) is 19.8 Å². The molecule has 0 bridgehead atoms. The number of hydrogen-bond donors (Lipinski definition) is 1. The molecule has 0 aromatic heterocycles. The highest BCUT2D eigenvalue weighted by Crippen LogP contribution is 2.32. The number of nitrogens with zero attached hydrogens (tertiary/aromatic N) is 1. The van der Waals surface area contributed by atoms with Crippen molar-refractivity contribution in [3.8, 4) is 0 Å². The van der Waals surface area contributed by atoms with Gasteiger partial charge in [-0.25, -0.2) is 8.78 Å². The number of benzene rings is 1. The van der Waals surface area contributed by atoms with Gasteiger partial charge in [0.1, 0.15) is 22.3 Å². The Balaban J connectivity index is 2.47. The lowest BCUT2D eigenvalue weighted by molar-refractivity contribution is 0.0635. The van der Waals surface area contributed by atoms with Gasteiger partial charge < -0.3 is 15.4 Å². The Labute approximate surface area is 116 Å². The number of nitrogens with two attached hydrogens (primary N) is 1. The first-order valence-electron chi connectivity index (χ1n) is 5.97. The number of thiocarbonyl (C=S) groups is 1. The van der Waals surface area contributed by atoms with Gasteiger partial charge in [-0.1, -0.05) is 12.2 Å². The van der Waals surface area contributed by atoms with Crippen molar-refractivity contribution in [1.29, 1.82) is 0 Å². The summed E-state index contributed by atoms with van der Waals surface area (Å²) in [7, 11) is 0. The van der Waals surface area contributed by atoms with E-state index >= 15 is 0 Å². The molecule has 1 aromatic carbocycles. The third kappa shape index (κ3) is 2.69. The standard InChI is InChI=1S/C13H16F2N2OS/c1-13(2)7-18-4-3-17(13)11-9(14)5-8(12(16)19)6-10(11)15/h5-6H,3-4,7H2,1-2H3,(H2,16,19). The van der Waals surface area contributed by atoms with E-state index in [1.54, 1.807) is 4.90 Å². The first-order valence-corrected chi connectivity index (χ1v) is 6.38. The van der Waals surface area contributed by atoms with E-state index in [1.165, 1.54) is 12.1 Å². The summed E-state index contributed by atoms with van der Waals surface area (Å²) in [5.41, 5.74) is 5.08. The third-order valence-electron chi connectivity index (χ3n) is 3.22. The summed E-state index contributed by atoms with van der Waals surface area (Å²) < 4.78 is 33.7. The zero-order valence-corrected chi connectivity index (χ0v) is 11.7. The van der Waals surface area contributed by atoms with Crippen LogP contribution >= 0.6 is 12.2 Å². The van der Waals surface area contributed by atoms with Crippen LogP contribution in [-0.2, 0) is 4.74 Å². The molecule has 0 aliphatic carbocycles. The first kappa shape index (κ1) is 14.1. The van der Waals surface area contributed by atoms with E-state index in [4.69, 9.17) is 22.7 Å². The van der Waals surface area contributed by atoms with Crippen LogP contribution in [-0.4, -0.2) is 30.3 Å². The molecule has 1 fully saturated rings. The van der Waals surface area contributed by atoms with Crippen molar-refractivity contribution in [1.82, 2.24) is 0 Å². The minimum absolute atomic E-state index is 0.0226. The summed E-state index contributed by atoms with van der Waals surface area (Å²) >= 11 is 4.74. The number of rotatable bonds is 2. The van der Waals surface area contributed by atoms with Gasteiger partial charge in [0.25, 0.3) is 0 Å². The number of anilines is 1. The van der Waals surface area contributed by atoms with Crippen molar-refractivity contribution in [2.75, 3.05) is 24.7 Å². The molecule has 0 saturated carbocycles. The van der Waals surface area contributed by atoms with Gasteiger partial charge in [0.05, 0.1) is 18.8 Å². The van der Waals surface area contributed by atoms with Crippen LogP contribution in [0.1, 0.15) is 19.4 Å². The highest BCUT2D eigenvalue weighted by atomic mass is 32.1. The molecule has 0 amide bonds. The van der Waals surface area contributed by atoms with Gasteiger partial charge in [-0.15, -0.1) is 0 Å². The molecule has 2 N–H and O–H groups in total. The van der Waals surface area contributed by atoms with E-state index in [-0.39, 0.29) is 16.2 Å². The fraction of sp³-hybridized carbons (Fsp3) is 0.462. The van der Waals surface area contributed by atoms with Crippen LogP contribution in [0.4, 0.5) is 14.5 Å².